The number of aromatic amines is 1. The highest BCUT2D eigenvalue weighted by Gasteiger charge is 2.19. The molecule has 0 saturated carbocycles. The van der Waals surface area contributed by atoms with E-state index in [4.69, 9.17) is 4.74 Å². The Bertz CT molecular complexity index is 1020. The van der Waals surface area contributed by atoms with E-state index < -0.39 is 16.5 Å². The molecule has 25 heavy (non-hydrogen) atoms. The van der Waals surface area contributed by atoms with Crippen LogP contribution in [-0.2, 0) is 4.74 Å². The molecule has 2 aromatic carbocycles. The number of carbonyl (C=O) groups is 1. The number of carbonyl (C=O) groups excluding carboxylic acids is 1. The van der Waals surface area contributed by atoms with Gasteiger partial charge in [-0.05, 0) is 24.6 Å². The number of nitrogens with zero attached hydrogens (tertiary/aromatic N) is 1. The summed E-state index contributed by atoms with van der Waals surface area (Å²) < 4.78 is 4.87. The summed E-state index contributed by atoms with van der Waals surface area (Å²) in [5.74, 6) is -0.731. The van der Waals surface area contributed by atoms with E-state index in [2.05, 4.69) is 4.98 Å². The molecule has 0 aliphatic heterocycles. The van der Waals surface area contributed by atoms with E-state index >= 15 is 0 Å². The number of hydrogen-bond donors (Lipinski definition) is 1. The maximum Gasteiger partial charge on any atom is 0.343 e. The third-order valence-electron chi connectivity index (χ3n) is 3.74. The van der Waals surface area contributed by atoms with Crippen molar-refractivity contribution < 1.29 is 14.5 Å². The minimum Gasteiger partial charge on any atom is -0.462 e. The quantitative estimate of drug-likeness (QED) is 0.447. The summed E-state index contributed by atoms with van der Waals surface area (Å²) in [5, 5.41) is 11.9. The molecule has 0 bridgehead atoms. The molecular weight excluding hydrogens is 324 g/mol. The summed E-state index contributed by atoms with van der Waals surface area (Å²) in [4.78, 5) is 37.4. The molecule has 1 aromatic heterocycles. The fraction of sp³-hybridized carbons (Fsp3) is 0.111. The first-order chi connectivity index (χ1) is 12.0. The van der Waals surface area contributed by atoms with Gasteiger partial charge in [-0.1, -0.05) is 30.3 Å². The van der Waals surface area contributed by atoms with E-state index in [1.54, 1.807) is 37.3 Å². The highest BCUT2D eigenvalue weighted by atomic mass is 16.6. The van der Waals surface area contributed by atoms with Crippen molar-refractivity contribution in [1.29, 1.82) is 0 Å². The van der Waals surface area contributed by atoms with Crippen molar-refractivity contribution in [3.8, 4) is 11.1 Å². The molecule has 0 fully saturated rings. The normalized spacial score (nSPS) is 10.6. The predicted octanol–water partition coefficient (Wildman–Crippen LogP) is 3.28. The molecule has 7 heteroatoms. The molecule has 1 N–H and O–H groups in total. The van der Waals surface area contributed by atoms with Gasteiger partial charge in [0.1, 0.15) is 5.56 Å². The second-order valence-electron chi connectivity index (χ2n) is 5.31. The lowest BCUT2D eigenvalue weighted by molar-refractivity contribution is -0.384. The molecule has 0 aliphatic rings. The van der Waals surface area contributed by atoms with Crippen LogP contribution in [0.3, 0.4) is 0 Å². The van der Waals surface area contributed by atoms with Crippen LogP contribution in [0.5, 0.6) is 0 Å². The molecule has 3 aromatic rings. The van der Waals surface area contributed by atoms with Crippen LogP contribution in [0.2, 0.25) is 0 Å². The van der Waals surface area contributed by atoms with Crippen molar-refractivity contribution >= 4 is 22.6 Å². The molecule has 3 rings (SSSR count). The second kappa shape index (κ2) is 6.56. The zero-order valence-corrected chi connectivity index (χ0v) is 13.3. The number of H-pyrrole nitrogens is 1. The number of nitrogens with one attached hydrogen (secondary N) is 1. The van der Waals surface area contributed by atoms with Crippen molar-refractivity contribution in [3.05, 3.63) is 74.6 Å². The highest BCUT2D eigenvalue weighted by molar-refractivity contribution is 5.96. The first-order valence-corrected chi connectivity index (χ1v) is 7.59. The van der Waals surface area contributed by atoms with Gasteiger partial charge in [0.15, 0.2) is 0 Å². The van der Waals surface area contributed by atoms with Gasteiger partial charge in [-0.3, -0.25) is 14.9 Å². The summed E-state index contributed by atoms with van der Waals surface area (Å²) in [5.41, 5.74) is 0.442. The molecule has 0 aliphatic carbocycles. The first-order valence-electron chi connectivity index (χ1n) is 7.59. The topological polar surface area (TPSA) is 102 Å². The van der Waals surface area contributed by atoms with Crippen LogP contribution < -0.4 is 5.56 Å². The lowest BCUT2D eigenvalue weighted by Crippen LogP contribution is -2.19. The predicted molar refractivity (Wildman–Crippen MR) is 92.6 cm³/mol. The standard InChI is InChI=1S/C18H14N2O5/c1-2-25-18(22)14-9-12-8-13(11-6-4-3-5-7-11)16(20(23)24)10-15(12)19-17(14)21/h3-10H,2H2,1H3,(H,19,21). The maximum atomic E-state index is 12.1. The Kier molecular flexibility index (Phi) is 4.30. The summed E-state index contributed by atoms with van der Waals surface area (Å²) in [6.07, 6.45) is 0. The van der Waals surface area contributed by atoms with Gasteiger partial charge in [0.2, 0.25) is 0 Å². The Balaban J connectivity index is 2.27. The number of esters is 1. The van der Waals surface area contributed by atoms with Gasteiger partial charge in [-0.25, -0.2) is 4.79 Å². The van der Waals surface area contributed by atoms with E-state index in [0.29, 0.717) is 16.5 Å². The molecule has 0 amide bonds. The summed E-state index contributed by atoms with van der Waals surface area (Å²) >= 11 is 0. The van der Waals surface area contributed by atoms with Crippen LogP contribution in [0.15, 0.2) is 53.3 Å². The van der Waals surface area contributed by atoms with E-state index in [0.717, 1.165) is 0 Å². The molecule has 1 heterocycles. The summed E-state index contributed by atoms with van der Waals surface area (Å²) in [6.45, 7) is 1.79. The number of hydrogen-bond acceptors (Lipinski definition) is 5. The Hall–Kier alpha value is -3.48. The number of ether oxygens (including phenoxy) is 1. The van der Waals surface area contributed by atoms with Crippen molar-refractivity contribution in [2.24, 2.45) is 0 Å². The smallest absolute Gasteiger partial charge is 0.343 e. The van der Waals surface area contributed by atoms with Gasteiger partial charge < -0.3 is 9.72 Å². The van der Waals surface area contributed by atoms with Gasteiger partial charge in [-0.2, -0.15) is 0 Å². The van der Waals surface area contributed by atoms with Crippen LogP contribution in [0, 0.1) is 10.1 Å². The fourth-order valence-corrected chi connectivity index (χ4v) is 2.60. The largest absolute Gasteiger partial charge is 0.462 e. The molecular formula is C18H14N2O5. The highest BCUT2D eigenvalue weighted by Crippen LogP contribution is 2.33. The van der Waals surface area contributed by atoms with Gasteiger partial charge in [0.05, 0.1) is 22.6 Å². The van der Waals surface area contributed by atoms with Gasteiger partial charge in [-0.15, -0.1) is 0 Å². The average molecular weight is 338 g/mol. The molecule has 0 unspecified atom stereocenters. The number of benzene rings is 2. The van der Waals surface area contributed by atoms with Crippen LogP contribution >= 0.6 is 0 Å². The minimum atomic E-state index is -0.731. The number of rotatable bonds is 4. The summed E-state index contributed by atoms with van der Waals surface area (Å²) in [6, 6.07) is 13.2. The van der Waals surface area contributed by atoms with Crippen molar-refractivity contribution in [3.63, 3.8) is 0 Å². The molecule has 126 valence electrons. The van der Waals surface area contributed by atoms with Gasteiger partial charge in [0, 0.05) is 11.5 Å². The molecule has 7 nitrogen and oxygen atoms in total. The Morgan fingerprint density at radius 1 is 1.20 bits per heavy atom. The van der Waals surface area contributed by atoms with Gasteiger partial charge >= 0.3 is 5.97 Å². The van der Waals surface area contributed by atoms with Crippen LogP contribution in [0.1, 0.15) is 17.3 Å². The Morgan fingerprint density at radius 3 is 2.56 bits per heavy atom. The molecule has 0 saturated heterocycles. The Morgan fingerprint density at radius 2 is 1.92 bits per heavy atom. The van der Waals surface area contributed by atoms with E-state index in [1.165, 1.54) is 12.1 Å². The van der Waals surface area contributed by atoms with Gasteiger partial charge in [0.25, 0.3) is 11.2 Å². The second-order valence-corrected chi connectivity index (χ2v) is 5.31. The number of aromatic nitrogens is 1. The van der Waals surface area contributed by atoms with Crippen molar-refractivity contribution in [1.82, 2.24) is 4.98 Å². The molecule has 0 atom stereocenters. The summed E-state index contributed by atoms with van der Waals surface area (Å²) in [7, 11) is 0. The first kappa shape index (κ1) is 16.4. The van der Waals surface area contributed by atoms with Crippen molar-refractivity contribution in [2.75, 3.05) is 6.61 Å². The lowest BCUT2D eigenvalue weighted by Gasteiger charge is -2.07. The number of pyridine rings is 1. The number of nitro groups is 1. The monoisotopic (exact) mass is 338 g/mol. The third-order valence-corrected chi connectivity index (χ3v) is 3.74. The zero-order chi connectivity index (χ0) is 18.0. The van der Waals surface area contributed by atoms with Crippen LogP contribution in [0.25, 0.3) is 22.0 Å². The number of nitro benzene ring substituents is 1. The van der Waals surface area contributed by atoms with Crippen LogP contribution in [-0.4, -0.2) is 22.5 Å². The number of fused-ring (bicyclic) bond motifs is 1. The van der Waals surface area contributed by atoms with E-state index in [1.807, 2.05) is 6.07 Å². The third kappa shape index (κ3) is 3.12. The van der Waals surface area contributed by atoms with E-state index in [9.17, 15) is 19.7 Å². The fourth-order valence-electron chi connectivity index (χ4n) is 2.60. The van der Waals surface area contributed by atoms with Crippen LogP contribution in [0.4, 0.5) is 5.69 Å². The van der Waals surface area contributed by atoms with E-state index in [-0.39, 0.29) is 23.4 Å². The lowest BCUT2D eigenvalue weighted by atomic mass is 10.0. The minimum absolute atomic E-state index is 0.127. The van der Waals surface area contributed by atoms with Crippen molar-refractivity contribution in [2.45, 2.75) is 6.92 Å². The maximum absolute atomic E-state index is 12.1. The zero-order valence-electron chi connectivity index (χ0n) is 13.3. The molecule has 0 spiro atoms. The Labute approximate surface area is 142 Å². The SMILES string of the molecule is CCOC(=O)c1cc2cc(-c3ccccc3)c([N+](=O)[O-])cc2[nH]c1=O. The molecule has 0 radical (unpaired) electrons. The average Bonchev–Trinajstić information content (AvgIpc) is 2.61.